The van der Waals surface area contributed by atoms with Crippen LogP contribution in [0.3, 0.4) is 0 Å². The van der Waals surface area contributed by atoms with Gasteiger partial charge in [-0.3, -0.25) is 9.59 Å². The molecule has 1 N–H and O–H groups in total. The number of rotatable bonds is 8. The van der Waals surface area contributed by atoms with Crippen molar-refractivity contribution in [1.29, 1.82) is 0 Å². The molecular formula is C25H29NO6. The van der Waals surface area contributed by atoms with Crippen LogP contribution in [0, 0.1) is 0 Å². The Bertz CT molecular complexity index is 1040. The number of amides is 1. The van der Waals surface area contributed by atoms with Gasteiger partial charge in [0.15, 0.2) is 11.5 Å². The van der Waals surface area contributed by atoms with E-state index in [4.69, 9.17) is 14.2 Å². The van der Waals surface area contributed by atoms with Crippen molar-refractivity contribution in [1.82, 2.24) is 4.90 Å². The monoisotopic (exact) mass is 439 g/mol. The van der Waals surface area contributed by atoms with E-state index in [1.54, 1.807) is 42.5 Å². The zero-order valence-electron chi connectivity index (χ0n) is 19.0. The van der Waals surface area contributed by atoms with E-state index < -0.39 is 17.7 Å². The summed E-state index contributed by atoms with van der Waals surface area (Å²) in [6.45, 7) is 6.11. The van der Waals surface area contributed by atoms with Gasteiger partial charge in [-0.25, -0.2) is 0 Å². The summed E-state index contributed by atoms with van der Waals surface area (Å²) in [5.74, 6) is -0.0271. The van der Waals surface area contributed by atoms with Crippen LogP contribution in [0.15, 0.2) is 48.0 Å². The van der Waals surface area contributed by atoms with Crippen molar-refractivity contribution in [3.8, 4) is 17.2 Å². The summed E-state index contributed by atoms with van der Waals surface area (Å²) in [6.07, 6.45) is 0.614. The van der Waals surface area contributed by atoms with Gasteiger partial charge >= 0.3 is 0 Å². The number of ether oxygens (including phenoxy) is 3. The largest absolute Gasteiger partial charge is 0.507 e. The number of carbonyl (C=O) groups is 2. The highest BCUT2D eigenvalue weighted by atomic mass is 16.5. The number of hydrogen-bond donors (Lipinski definition) is 1. The average molecular weight is 440 g/mol. The lowest BCUT2D eigenvalue weighted by molar-refractivity contribution is -0.139. The van der Waals surface area contributed by atoms with Crippen LogP contribution in [0.4, 0.5) is 0 Å². The topological polar surface area (TPSA) is 85.3 Å². The molecular weight excluding hydrogens is 410 g/mol. The summed E-state index contributed by atoms with van der Waals surface area (Å²) in [7, 11) is 3.05. The Balaban J connectivity index is 2.17. The minimum absolute atomic E-state index is 0.0392. The lowest BCUT2D eigenvalue weighted by Gasteiger charge is -2.25. The minimum atomic E-state index is -0.746. The zero-order chi connectivity index (χ0) is 23.4. The fraction of sp³-hybridized carbons (Fsp3) is 0.360. The van der Waals surface area contributed by atoms with Gasteiger partial charge in [0.2, 0.25) is 0 Å². The Morgan fingerprint density at radius 1 is 1.06 bits per heavy atom. The molecule has 1 aliphatic rings. The summed E-state index contributed by atoms with van der Waals surface area (Å²) in [4.78, 5) is 27.4. The van der Waals surface area contributed by atoms with Crippen molar-refractivity contribution in [2.45, 2.75) is 39.3 Å². The standard InChI is InChI=1S/C25H29NO6/c1-6-12-26-22(16-10-11-19(30-4)20(14-16)31-5)21(24(28)25(26)29)23(27)17-8-7-9-18(13-17)32-15(2)3/h7-11,13-15,22,27H,6,12H2,1-5H3/b23-21-. The van der Waals surface area contributed by atoms with E-state index in [0.717, 1.165) is 0 Å². The first-order valence-electron chi connectivity index (χ1n) is 10.6. The number of methoxy groups -OCH3 is 2. The molecule has 170 valence electrons. The second kappa shape index (κ2) is 9.77. The Morgan fingerprint density at radius 2 is 1.78 bits per heavy atom. The van der Waals surface area contributed by atoms with Crippen LogP contribution >= 0.6 is 0 Å². The van der Waals surface area contributed by atoms with Crippen LogP contribution in [-0.2, 0) is 9.59 Å². The van der Waals surface area contributed by atoms with Crippen molar-refractivity contribution in [3.05, 3.63) is 59.2 Å². The molecule has 0 saturated carbocycles. The maximum absolute atomic E-state index is 13.0. The Labute approximate surface area is 188 Å². The van der Waals surface area contributed by atoms with E-state index in [1.165, 1.54) is 19.1 Å². The highest BCUT2D eigenvalue weighted by Gasteiger charge is 2.45. The molecule has 2 aromatic carbocycles. The summed E-state index contributed by atoms with van der Waals surface area (Å²) in [5, 5.41) is 11.2. The van der Waals surface area contributed by atoms with Crippen molar-refractivity contribution in [2.75, 3.05) is 20.8 Å². The predicted molar refractivity (Wildman–Crippen MR) is 121 cm³/mol. The highest BCUT2D eigenvalue weighted by Crippen LogP contribution is 2.42. The van der Waals surface area contributed by atoms with Gasteiger partial charge in [-0.2, -0.15) is 0 Å². The zero-order valence-corrected chi connectivity index (χ0v) is 19.0. The third kappa shape index (κ3) is 4.42. The molecule has 32 heavy (non-hydrogen) atoms. The van der Waals surface area contributed by atoms with Gasteiger partial charge in [-0.1, -0.05) is 25.1 Å². The Kier molecular flexibility index (Phi) is 7.08. The molecule has 1 heterocycles. The highest BCUT2D eigenvalue weighted by molar-refractivity contribution is 6.46. The number of hydrogen-bond acceptors (Lipinski definition) is 6. The Hall–Kier alpha value is -3.48. The van der Waals surface area contributed by atoms with Crippen LogP contribution < -0.4 is 14.2 Å². The molecule has 0 aromatic heterocycles. The molecule has 3 rings (SSSR count). The summed E-state index contributed by atoms with van der Waals surface area (Å²) in [5.41, 5.74) is 1.09. The van der Waals surface area contributed by atoms with Gasteiger partial charge in [-0.05, 0) is 50.1 Å². The minimum Gasteiger partial charge on any atom is -0.507 e. The van der Waals surface area contributed by atoms with Crippen LogP contribution in [0.1, 0.15) is 44.4 Å². The summed E-state index contributed by atoms with van der Waals surface area (Å²) < 4.78 is 16.4. The number of ketones is 1. The summed E-state index contributed by atoms with van der Waals surface area (Å²) >= 11 is 0. The second-order valence-electron chi connectivity index (χ2n) is 7.80. The first-order chi connectivity index (χ1) is 15.3. The molecule has 1 amide bonds. The molecule has 2 aromatic rings. The predicted octanol–water partition coefficient (Wildman–Crippen LogP) is 4.32. The van der Waals surface area contributed by atoms with E-state index in [-0.39, 0.29) is 17.4 Å². The maximum Gasteiger partial charge on any atom is 0.295 e. The van der Waals surface area contributed by atoms with E-state index in [0.29, 0.717) is 41.3 Å². The smallest absolute Gasteiger partial charge is 0.295 e. The van der Waals surface area contributed by atoms with Crippen LogP contribution in [-0.4, -0.2) is 48.6 Å². The van der Waals surface area contributed by atoms with E-state index >= 15 is 0 Å². The third-order valence-electron chi connectivity index (χ3n) is 5.21. The number of aliphatic hydroxyl groups excluding tert-OH is 1. The molecule has 7 nitrogen and oxygen atoms in total. The maximum atomic E-state index is 13.0. The number of likely N-dealkylation sites (tertiary alicyclic amines) is 1. The molecule has 1 aliphatic heterocycles. The van der Waals surface area contributed by atoms with Gasteiger partial charge in [0.25, 0.3) is 11.7 Å². The number of aliphatic hydroxyl groups is 1. The molecule has 1 atom stereocenters. The molecule has 1 unspecified atom stereocenters. The SMILES string of the molecule is CCCN1C(=O)C(=O)/C(=C(\O)c2cccc(OC(C)C)c2)C1c1ccc(OC)c(OC)c1. The van der Waals surface area contributed by atoms with Gasteiger partial charge in [0.05, 0.1) is 31.9 Å². The Morgan fingerprint density at radius 3 is 2.41 bits per heavy atom. The number of Topliss-reactive ketones (excluding diaryl/α,β-unsaturated/α-hetero) is 1. The van der Waals surface area contributed by atoms with Crippen molar-refractivity contribution >= 4 is 17.4 Å². The van der Waals surface area contributed by atoms with Gasteiger partial charge in [0.1, 0.15) is 11.5 Å². The average Bonchev–Trinajstić information content (AvgIpc) is 3.03. The summed E-state index contributed by atoms with van der Waals surface area (Å²) in [6, 6.07) is 11.3. The van der Waals surface area contributed by atoms with Crippen LogP contribution in [0.2, 0.25) is 0 Å². The quantitative estimate of drug-likeness (QED) is 0.375. The normalized spacial score (nSPS) is 17.7. The lowest BCUT2D eigenvalue weighted by atomic mass is 9.95. The molecule has 0 radical (unpaired) electrons. The lowest BCUT2D eigenvalue weighted by Crippen LogP contribution is -2.30. The molecule has 7 heteroatoms. The van der Waals surface area contributed by atoms with Gasteiger partial charge in [0, 0.05) is 12.1 Å². The van der Waals surface area contributed by atoms with Crippen molar-refractivity contribution in [3.63, 3.8) is 0 Å². The first-order valence-corrected chi connectivity index (χ1v) is 10.6. The van der Waals surface area contributed by atoms with E-state index in [9.17, 15) is 14.7 Å². The number of carbonyl (C=O) groups excluding carboxylic acids is 2. The molecule has 0 spiro atoms. The molecule has 0 aliphatic carbocycles. The van der Waals surface area contributed by atoms with Gasteiger partial charge < -0.3 is 24.2 Å². The fourth-order valence-corrected chi connectivity index (χ4v) is 3.87. The van der Waals surface area contributed by atoms with E-state index in [2.05, 4.69) is 0 Å². The second-order valence-corrected chi connectivity index (χ2v) is 7.80. The fourth-order valence-electron chi connectivity index (χ4n) is 3.87. The molecule has 0 bridgehead atoms. The van der Waals surface area contributed by atoms with Crippen LogP contribution in [0.5, 0.6) is 17.2 Å². The van der Waals surface area contributed by atoms with Crippen LogP contribution in [0.25, 0.3) is 5.76 Å². The van der Waals surface area contributed by atoms with E-state index in [1.807, 2.05) is 20.8 Å². The molecule has 1 saturated heterocycles. The van der Waals surface area contributed by atoms with Gasteiger partial charge in [-0.15, -0.1) is 0 Å². The van der Waals surface area contributed by atoms with Crippen molar-refractivity contribution in [2.24, 2.45) is 0 Å². The number of nitrogens with zero attached hydrogens (tertiary/aromatic N) is 1. The third-order valence-corrected chi connectivity index (χ3v) is 5.21. The number of benzene rings is 2. The molecule has 1 fully saturated rings. The first kappa shape index (κ1) is 23.2. The van der Waals surface area contributed by atoms with Crippen molar-refractivity contribution < 1.29 is 28.9 Å².